The lowest BCUT2D eigenvalue weighted by Crippen LogP contribution is -2.07. The SMILES string of the molecule is CCC(=O)Cn1ccc2cc(OC(C)C)ccc21. The topological polar surface area (TPSA) is 31.2 Å². The molecular weight excluding hydrogens is 226 g/mol. The van der Waals surface area contributed by atoms with E-state index in [1.54, 1.807) is 0 Å². The van der Waals surface area contributed by atoms with Gasteiger partial charge in [-0.25, -0.2) is 0 Å². The minimum absolute atomic E-state index is 0.172. The van der Waals surface area contributed by atoms with Crippen LogP contribution in [0.3, 0.4) is 0 Å². The maximum Gasteiger partial charge on any atom is 0.152 e. The summed E-state index contributed by atoms with van der Waals surface area (Å²) in [5.41, 5.74) is 1.08. The molecule has 0 radical (unpaired) electrons. The molecule has 0 aliphatic carbocycles. The number of hydrogen-bond donors (Lipinski definition) is 0. The highest BCUT2D eigenvalue weighted by Crippen LogP contribution is 2.22. The number of rotatable bonds is 5. The molecule has 0 aliphatic heterocycles. The van der Waals surface area contributed by atoms with Crippen molar-refractivity contribution < 1.29 is 9.53 Å². The summed E-state index contributed by atoms with van der Waals surface area (Å²) in [4.78, 5) is 11.5. The predicted molar refractivity (Wildman–Crippen MR) is 73.0 cm³/mol. The number of nitrogens with zero attached hydrogens (tertiary/aromatic N) is 1. The van der Waals surface area contributed by atoms with Gasteiger partial charge in [0, 0.05) is 23.5 Å². The van der Waals surface area contributed by atoms with Crippen molar-refractivity contribution in [2.45, 2.75) is 39.8 Å². The predicted octanol–water partition coefficient (Wildman–Crippen LogP) is 3.41. The molecule has 1 aromatic carbocycles. The second-order valence-electron chi connectivity index (χ2n) is 4.72. The zero-order chi connectivity index (χ0) is 13.1. The Morgan fingerprint density at radius 1 is 1.33 bits per heavy atom. The highest BCUT2D eigenvalue weighted by atomic mass is 16.5. The van der Waals surface area contributed by atoms with E-state index in [1.807, 2.05) is 55.8 Å². The summed E-state index contributed by atoms with van der Waals surface area (Å²) in [6, 6.07) is 8.00. The van der Waals surface area contributed by atoms with Gasteiger partial charge in [0.2, 0.25) is 0 Å². The van der Waals surface area contributed by atoms with Crippen LogP contribution >= 0.6 is 0 Å². The molecule has 96 valence electrons. The van der Waals surface area contributed by atoms with E-state index in [0.717, 1.165) is 16.7 Å². The van der Waals surface area contributed by atoms with Crippen LogP contribution in [-0.2, 0) is 11.3 Å². The van der Waals surface area contributed by atoms with Crippen molar-refractivity contribution in [1.82, 2.24) is 4.57 Å². The molecule has 1 heterocycles. The maximum atomic E-state index is 11.5. The van der Waals surface area contributed by atoms with E-state index in [1.165, 1.54) is 0 Å². The van der Waals surface area contributed by atoms with Gasteiger partial charge in [0.05, 0.1) is 12.6 Å². The summed E-state index contributed by atoms with van der Waals surface area (Å²) in [5, 5.41) is 1.11. The van der Waals surface area contributed by atoms with Gasteiger partial charge in [0.15, 0.2) is 5.78 Å². The van der Waals surface area contributed by atoms with E-state index in [9.17, 15) is 4.79 Å². The lowest BCUT2D eigenvalue weighted by Gasteiger charge is -2.10. The number of carbonyl (C=O) groups excluding carboxylic acids is 1. The number of carbonyl (C=O) groups is 1. The molecule has 2 rings (SSSR count). The van der Waals surface area contributed by atoms with Crippen LogP contribution in [0.4, 0.5) is 0 Å². The first-order valence-electron chi connectivity index (χ1n) is 6.37. The van der Waals surface area contributed by atoms with Gasteiger partial charge in [-0.05, 0) is 38.1 Å². The molecule has 0 saturated carbocycles. The van der Waals surface area contributed by atoms with Gasteiger partial charge in [-0.15, -0.1) is 0 Å². The number of fused-ring (bicyclic) bond motifs is 1. The van der Waals surface area contributed by atoms with Crippen molar-refractivity contribution in [3.63, 3.8) is 0 Å². The van der Waals surface area contributed by atoms with E-state index in [2.05, 4.69) is 0 Å². The van der Waals surface area contributed by atoms with Gasteiger partial charge in [0.1, 0.15) is 5.75 Å². The van der Waals surface area contributed by atoms with Crippen molar-refractivity contribution in [2.24, 2.45) is 0 Å². The molecule has 0 N–H and O–H groups in total. The fourth-order valence-electron chi connectivity index (χ4n) is 1.96. The van der Waals surface area contributed by atoms with Crippen molar-refractivity contribution in [3.8, 4) is 5.75 Å². The van der Waals surface area contributed by atoms with Gasteiger partial charge in [0.25, 0.3) is 0 Å². The van der Waals surface area contributed by atoms with Crippen LogP contribution in [-0.4, -0.2) is 16.5 Å². The van der Waals surface area contributed by atoms with E-state index >= 15 is 0 Å². The highest BCUT2D eigenvalue weighted by molar-refractivity contribution is 5.84. The second kappa shape index (κ2) is 5.25. The normalized spacial score (nSPS) is 11.1. The lowest BCUT2D eigenvalue weighted by atomic mass is 10.2. The molecule has 0 saturated heterocycles. The Kier molecular flexibility index (Phi) is 3.70. The number of Topliss-reactive ketones (excluding diaryl/α,β-unsaturated/α-hetero) is 1. The van der Waals surface area contributed by atoms with E-state index in [0.29, 0.717) is 13.0 Å². The van der Waals surface area contributed by atoms with Crippen LogP contribution in [0.25, 0.3) is 10.9 Å². The molecule has 3 heteroatoms. The lowest BCUT2D eigenvalue weighted by molar-refractivity contribution is -0.119. The summed E-state index contributed by atoms with van der Waals surface area (Å²) < 4.78 is 7.64. The summed E-state index contributed by atoms with van der Waals surface area (Å²) in [6.45, 7) is 6.36. The molecule has 3 nitrogen and oxygen atoms in total. The fraction of sp³-hybridized carbons (Fsp3) is 0.400. The van der Waals surface area contributed by atoms with Gasteiger partial charge < -0.3 is 9.30 Å². The molecule has 2 aromatic rings. The first kappa shape index (κ1) is 12.7. The van der Waals surface area contributed by atoms with Gasteiger partial charge >= 0.3 is 0 Å². The molecular formula is C15H19NO2. The molecule has 0 unspecified atom stereocenters. The van der Waals surface area contributed by atoms with Crippen molar-refractivity contribution in [2.75, 3.05) is 0 Å². The maximum absolute atomic E-state index is 11.5. The first-order valence-corrected chi connectivity index (χ1v) is 6.37. The molecule has 0 atom stereocenters. The van der Waals surface area contributed by atoms with Gasteiger partial charge in [-0.2, -0.15) is 0 Å². The zero-order valence-corrected chi connectivity index (χ0v) is 11.1. The fourth-order valence-corrected chi connectivity index (χ4v) is 1.96. The third-order valence-electron chi connectivity index (χ3n) is 2.86. The molecule has 18 heavy (non-hydrogen) atoms. The zero-order valence-electron chi connectivity index (χ0n) is 11.1. The molecule has 0 aliphatic rings. The molecule has 0 spiro atoms. The van der Waals surface area contributed by atoms with Crippen molar-refractivity contribution >= 4 is 16.7 Å². The molecule has 1 aromatic heterocycles. The first-order chi connectivity index (χ1) is 8.60. The van der Waals surface area contributed by atoms with Crippen molar-refractivity contribution in [3.05, 3.63) is 30.5 Å². The van der Waals surface area contributed by atoms with Gasteiger partial charge in [-0.3, -0.25) is 4.79 Å². The highest BCUT2D eigenvalue weighted by Gasteiger charge is 2.06. The Morgan fingerprint density at radius 2 is 2.11 bits per heavy atom. The van der Waals surface area contributed by atoms with Crippen LogP contribution in [0.15, 0.2) is 30.5 Å². The number of ketones is 1. The average molecular weight is 245 g/mol. The minimum Gasteiger partial charge on any atom is -0.491 e. The van der Waals surface area contributed by atoms with Crippen LogP contribution in [0, 0.1) is 0 Å². The van der Waals surface area contributed by atoms with Crippen LogP contribution in [0.2, 0.25) is 0 Å². The summed E-state index contributed by atoms with van der Waals surface area (Å²) in [5.74, 6) is 1.12. The summed E-state index contributed by atoms with van der Waals surface area (Å²) in [7, 11) is 0. The Bertz CT molecular complexity index is 555. The summed E-state index contributed by atoms with van der Waals surface area (Å²) >= 11 is 0. The van der Waals surface area contributed by atoms with Crippen LogP contribution < -0.4 is 4.74 Å². The van der Waals surface area contributed by atoms with E-state index in [-0.39, 0.29) is 11.9 Å². The van der Waals surface area contributed by atoms with Gasteiger partial charge in [-0.1, -0.05) is 6.92 Å². The van der Waals surface area contributed by atoms with Crippen LogP contribution in [0.5, 0.6) is 5.75 Å². The minimum atomic E-state index is 0.172. The Balaban J connectivity index is 2.28. The summed E-state index contributed by atoms with van der Waals surface area (Å²) in [6.07, 6.45) is 2.71. The Hall–Kier alpha value is -1.77. The van der Waals surface area contributed by atoms with Crippen LogP contribution in [0.1, 0.15) is 27.2 Å². The standard InChI is InChI=1S/C15H19NO2/c1-4-13(17)10-16-8-7-12-9-14(18-11(2)3)5-6-15(12)16/h5-9,11H,4,10H2,1-3H3. The number of aromatic nitrogens is 1. The molecule has 0 amide bonds. The van der Waals surface area contributed by atoms with Crippen molar-refractivity contribution in [1.29, 1.82) is 0 Å². The number of hydrogen-bond acceptors (Lipinski definition) is 2. The third-order valence-corrected chi connectivity index (χ3v) is 2.86. The molecule has 0 fully saturated rings. The third kappa shape index (κ3) is 2.73. The van der Waals surface area contributed by atoms with E-state index < -0.39 is 0 Å². The number of benzene rings is 1. The average Bonchev–Trinajstić information content (AvgIpc) is 2.71. The molecule has 0 bridgehead atoms. The largest absolute Gasteiger partial charge is 0.491 e. The van der Waals surface area contributed by atoms with E-state index in [4.69, 9.17) is 4.74 Å². The second-order valence-corrected chi connectivity index (χ2v) is 4.72. The quantitative estimate of drug-likeness (QED) is 0.808. The monoisotopic (exact) mass is 245 g/mol. The number of ether oxygens (including phenoxy) is 1. The Morgan fingerprint density at radius 3 is 2.78 bits per heavy atom. The smallest absolute Gasteiger partial charge is 0.152 e. The Labute approximate surface area is 107 Å².